The van der Waals surface area contributed by atoms with Crippen LogP contribution < -0.4 is 10.6 Å². The van der Waals surface area contributed by atoms with Crippen molar-refractivity contribution in [1.82, 2.24) is 10.6 Å². The summed E-state index contributed by atoms with van der Waals surface area (Å²) in [6.45, 7) is 0. The lowest BCUT2D eigenvalue weighted by molar-refractivity contribution is -0.348. The summed E-state index contributed by atoms with van der Waals surface area (Å²) in [5, 5.41) is 5.37. The molecule has 11 heteroatoms. The Labute approximate surface area is 172 Å². The van der Waals surface area contributed by atoms with Crippen LogP contribution in [0.4, 0.5) is 30.7 Å². The van der Waals surface area contributed by atoms with E-state index in [4.69, 9.17) is 0 Å². The Morgan fingerprint density at radius 1 is 1.00 bits per heavy atom. The van der Waals surface area contributed by atoms with Gasteiger partial charge in [-0.05, 0) is 48.6 Å². The van der Waals surface area contributed by atoms with Crippen LogP contribution in [-0.2, 0) is 21.7 Å². The van der Waals surface area contributed by atoms with Gasteiger partial charge in [0.1, 0.15) is 6.04 Å². The van der Waals surface area contributed by atoms with E-state index in [1.165, 1.54) is 0 Å². The zero-order valence-corrected chi connectivity index (χ0v) is 16.0. The molecule has 1 aromatic carbocycles. The average molecular weight is 452 g/mol. The molecule has 31 heavy (non-hydrogen) atoms. The predicted molar refractivity (Wildman–Crippen MR) is 93.6 cm³/mol. The van der Waals surface area contributed by atoms with Crippen LogP contribution in [0.3, 0.4) is 0 Å². The van der Waals surface area contributed by atoms with Crippen LogP contribution in [0.5, 0.6) is 0 Å². The molecule has 1 saturated heterocycles. The van der Waals surface area contributed by atoms with Gasteiger partial charge >= 0.3 is 18.0 Å². The predicted octanol–water partition coefficient (Wildman–Crippen LogP) is 3.79. The molecule has 0 bridgehead atoms. The van der Waals surface area contributed by atoms with Crippen molar-refractivity contribution in [3.63, 3.8) is 0 Å². The van der Waals surface area contributed by atoms with Gasteiger partial charge < -0.3 is 10.6 Å². The first-order valence-electron chi connectivity index (χ1n) is 9.88. The molecule has 1 heterocycles. The Morgan fingerprint density at radius 2 is 1.65 bits per heavy atom. The topological polar surface area (TPSA) is 58.2 Å². The molecule has 0 aromatic heterocycles. The first kappa shape index (κ1) is 21.9. The number of nitrogens with one attached hydrogen (secondary N) is 2. The number of benzene rings is 1. The van der Waals surface area contributed by atoms with Gasteiger partial charge in [-0.1, -0.05) is 18.2 Å². The van der Waals surface area contributed by atoms with Gasteiger partial charge in [0, 0.05) is 11.6 Å². The van der Waals surface area contributed by atoms with E-state index in [0.717, 1.165) is 6.07 Å². The Hall–Kier alpha value is -2.33. The lowest BCUT2D eigenvalue weighted by atomic mass is 9.74. The lowest BCUT2D eigenvalue weighted by Gasteiger charge is -2.35. The Bertz CT molecular complexity index is 890. The molecule has 2 aliphatic carbocycles. The summed E-state index contributed by atoms with van der Waals surface area (Å²) in [7, 11) is 0. The molecule has 4 nitrogen and oxygen atoms in total. The highest BCUT2D eigenvalue weighted by atomic mass is 19.4. The van der Waals surface area contributed by atoms with E-state index in [1.807, 2.05) is 0 Å². The number of alkyl halides is 7. The minimum atomic E-state index is -6.14. The largest absolute Gasteiger partial charge is 0.435 e. The number of hydrogen-bond acceptors (Lipinski definition) is 2. The Morgan fingerprint density at radius 3 is 2.23 bits per heavy atom. The monoisotopic (exact) mass is 452 g/mol. The summed E-state index contributed by atoms with van der Waals surface area (Å²) in [4.78, 5) is 23.2. The maximum Gasteiger partial charge on any atom is 0.435 e. The summed E-state index contributed by atoms with van der Waals surface area (Å²) < 4.78 is 92.8. The standard InChI is InChI=1S/C20H19F7N2O2/c21-18(19(22,23)24,20(25,26)27)10-2-4-11-9(7-10)1-3-13-12(11)5-6-14(13)29-17(31)15-8-16(30)28-15/h2,4,7,12-15H,1,3,5-6,8H2,(H,28,30)(H,29,31)/t12-,13+,14+,15-/m0/s1. The number of rotatable bonds is 3. The average Bonchev–Trinajstić information content (AvgIpc) is 3.05. The molecule has 170 valence electrons. The van der Waals surface area contributed by atoms with Crippen LogP contribution in [-0.4, -0.2) is 36.3 Å². The van der Waals surface area contributed by atoms with E-state index in [-0.39, 0.29) is 48.1 Å². The van der Waals surface area contributed by atoms with Gasteiger partial charge in [0.2, 0.25) is 11.8 Å². The highest BCUT2D eigenvalue weighted by molar-refractivity contribution is 5.97. The van der Waals surface area contributed by atoms with Gasteiger partial charge in [-0.15, -0.1) is 0 Å². The second kappa shape index (κ2) is 7.09. The smallest absolute Gasteiger partial charge is 0.351 e. The number of fused-ring (bicyclic) bond motifs is 3. The van der Waals surface area contributed by atoms with Crippen molar-refractivity contribution in [3.05, 3.63) is 34.9 Å². The van der Waals surface area contributed by atoms with Gasteiger partial charge in [0.15, 0.2) is 0 Å². The minimum absolute atomic E-state index is 0.0292. The molecule has 2 N–H and O–H groups in total. The highest BCUT2D eigenvalue weighted by Crippen LogP contribution is 2.54. The van der Waals surface area contributed by atoms with Crippen molar-refractivity contribution in [3.8, 4) is 0 Å². The lowest BCUT2D eigenvalue weighted by Crippen LogP contribution is -2.58. The number of carbonyl (C=O) groups is 2. The third-order valence-corrected chi connectivity index (χ3v) is 6.66. The van der Waals surface area contributed by atoms with Crippen LogP contribution in [0.25, 0.3) is 0 Å². The van der Waals surface area contributed by atoms with Crippen LogP contribution in [0, 0.1) is 5.92 Å². The zero-order chi connectivity index (χ0) is 22.8. The van der Waals surface area contributed by atoms with Crippen molar-refractivity contribution < 1.29 is 40.3 Å². The van der Waals surface area contributed by atoms with Crippen molar-refractivity contribution in [2.24, 2.45) is 5.92 Å². The van der Waals surface area contributed by atoms with E-state index < -0.39 is 29.6 Å². The Kier molecular flexibility index (Phi) is 5.01. The first-order valence-corrected chi connectivity index (χ1v) is 9.88. The third kappa shape index (κ3) is 3.45. The van der Waals surface area contributed by atoms with Gasteiger partial charge in [-0.2, -0.15) is 26.3 Å². The maximum absolute atomic E-state index is 14.4. The molecular formula is C20H19F7N2O2. The number of carbonyl (C=O) groups excluding carboxylic acids is 2. The molecule has 4 rings (SSSR count). The van der Waals surface area contributed by atoms with Crippen molar-refractivity contribution in [1.29, 1.82) is 0 Å². The van der Waals surface area contributed by atoms with Gasteiger partial charge in [-0.25, -0.2) is 4.39 Å². The van der Waals surface area contributed by atoms with Gasteiger partial charge in [-0.3, -0.25) is 9.59 Å². The molecule has 1 aromatic rings. The van der Waals surface area contributed by atoms with E-state index in [9.17, 15) is 40.3 Å². The van der Waals surface area contributed by atoms with Crippen LogP contribution in [0.1, 0.15) is 48.3 Å². The fraction of sp³-hybridized carbons (Fsp3) is 0.600. The summed E-state index contributed by atoms with van der Waals surface area (Å²) in [6.07, 6.45) is -10.4. The van der Waals surface area contributed by atoms with E-state index in [0.29, 0.717) is 37.0 Å². The summed E-state index contributed by atoms with van der Waals surface area (Å²) in [5.41, 5.74) is -6.04. The molecule has 3 aliphatic rings. The number of aryl methyl sites for hydroxylation is 1. The second-order valence-corrected chi connectivity index (χ2v) is 8.39. The van der Waals surface area contributed by atoms with E-state index in [2.05, 4.69) is 10.6 Å². The SMILES string of the molecule is O=C1C[C@@H](C(=O)N[C@@H]2CC[C@H]3c4ccc(C(F)(C(F)(F)F)C(F)(F)F)cc4CC[C@@H]23)N1. The van der Waals surface area contributed by atoms with Crippen molar-refractivity contribution >= 4 is 11.8 Å². The molecule has 2 fully saturated rings. The number of amides is 2. The molecule has 2 amide bonds. The fourth-order valence-electron chi connectivity index (χ4n) is 5.04. The number of β-lactam (4-membered cyclic amide) rings is 1. The van der Waals surface area contributed by atoms with E-state index in [1.54, 1.807) is 0 Å². The zero-order valence-electron chi connectivity index (χ0n) is 16.0. The third-order valence-electron chi connectivity index (χ3n) is 6.66. The second-order valence-electron chi connectivity index (χ2n) is 8.39. The molecule has 0 spiro atoms. The maximum atomic E-state index is 14.4. The summed E-state index contributed by atoms with van der Waals surface area (Å²) in [5.74, 6) is -0.694. The quantitative estimate of drug-likeness (QED) is 0.542. The molecular weight excluding hydrogens is 433 g/mol. The summed E-state index contributed by atoms with van der Waals surface area (Å²) in [6, 6.07) is 1.63. The Balaban J connectivity index is 1.56. The summed E-state index contributed by atoms with van der Waals surface area (Å²) >= 11 is 0. The minimum Gasteiger partial charge on any atom is -0.351 e. The van der Waals surface area contributed by atoms with Crippen molar-refractivity contribution in [2.75, 3.05) is 0 Å². The van der Waals surface area contributed by atoms with Crippen LogP contribution in [0.15, 0.2) is 18.2 Å². The number of halogens is 7. The van der Waals surface area contributed by atoms with Gasteiger partial charge in [0.05, 0.1) is 6.42 Å². The molecule has 0 unspecified atom stereocenters. The van der Waals surface area contributed by atoms with Crippen LogP contribution >= 0.6 is 0 Å². The first-order chi connectivity index (χ1) is 14.3. The molecule has 1 aliphatic heterocycles. The molecule has 0 radical (unpaired) electrons. The fourth-order valence-corrected chi connectivity index (χ4v) is 5.04. The van der Waals surface area contributed by atoms with Gasteiger partial charge in [0.25, 0.3) is 0 Å². The molecule has 1 saturated carbocycles. The number of hydrogen-bond donors (Lipinski definition) is 2. The van der Waals surface area contributed by atoms with Crippen molar-refractivity contribution in [2.45, 2.75) is 68.1 Å². The normalized spacial score (nSPS) is 28.3. The highest BCUT2D eigenvalue weighted by Gasteiger charge is 2.73. The molecule has 4 atom stereocenters. The van der Waals surface area contributed by atoms with Crippen LogP contribution in [0.2, 0.25) is 0 Å². The van der Waals surface area contributed by atoms with E-state index >= 15 is 0 Å².